The van der Waals surface area contributed by atoms with Crippen molar-refractivity contribution in [1.82, 2.24) is 20.3 Å². The van der Waals surface area contributed by atoms with Crippen LogP contribution < -0.4 is 10.6 Å². The van der Waals surface area contributed by atoms with E-state index in [0.29, 0.717) is 24.7 Å². The largest absolute Gasteiger partial charge is 0.360 e. The van der Waals surface area contributed by atoms with Gasteiger partial charge < -0.3 is 25.0 Å². The highest BCUT2D eigenvalue weighted by Gasteiger charge is 2.22. The lowest BCUT2D eigenvalue weighted by molar-refractivity contribution is -0.116. The predicted molar refractivity (Wildman–Crippen MR) is 88.3 cm³/mol. The normalized spacial score (nSPS) is 11.4. The molecule has 0 radical (unpaired) electrons. The topological polar surface area (TPSA) is 90.7 Å². The van der Waals surface area contributed by atoms with Crippen LogP contribution in [-0.2, 0) is 4.79 Å². The number of rotatable bonds is 6. The molecule has 8 heteroatoms. The maximum Gasteiger partial charge on any atom is 0.318 e. The smallest absolute Gasteiger partial charge is 0.318 e. The van der Waals surface area contributed by atoms with Crippen LogP contribution in [0.15, 0.2) is 10.6 Å². The average molecular weight is 325 g/mol. The maximum atomic E-state index is 12.3. The molecule has 0 spiro atoms. The number of aromatic nitrogens is 1. The fraction of sp³-hybridized carbons (Fsp3) is 0.667. The van der Waals surface area contributed by atoms with Crippen molar-refractivity contribution in [1.29, 1.82) is 0 Å². The molecule has 1 heterocycles. The van der Waals surface area contributed by atoms with Crippen LogP contribution in [0.4, 0.5) is 10.6 Å². The van der Waals surface area contributed by atoms with Gasteiger partial charge in [0.2, 0.25) is 5.91 Å². The fourth-order valence-corrected chi connectivity index (χ4v) is 1.75. The Kier molecular flexibility index (Phi) is 6.56. The number of carbonyl (C=O) groups excluding carboxylic acids is 2. The number of anilines is 1. The average Bonchev–Trinajstić information content (AvgIpc) is 2.77. The predicted octanol–water partition coefficient (Wildman–Crippen LogP) is 1.29. The van der Waals surface area contributed by atoms with Crippen molar-refractivity contribution in [2.75, 3.05) is 39.0 Å². The van der Waals surface area contributed by atoms with Gasteiger partial charge in [0.05, 0.1) is 0 Å². The summed E-state index contributed by atoms with van der Waals surface area (Å²) in [5.74, 6) is 0.632. The highest BCUT2D eigenvalue weighted by Crippen LogP contribution is 2.07. The first kappa shape index (κ1) is 19.0. The second kappa shape index (κ2) is 7.96. The molecule has 0 fully saturated rings. The molecule has 0 aromatic carbocycles. The number of aryl methyl sites for hydroxylation is 1. The molecule has 0 saturated carbocycles. The Labute approximate surface area is 137 Å². The lowest BCUT2D eigenvalue weighted by Crippen LogP contribution is -2.51. The van der Waals surface area contributed by atoms with Crippen molar-refractivity contribution >= 4 is 17.8 Å². The summed E-state index contributed by atoms with van der Waals surface area (Å²) in [6, 6.07) is 1.35. The van der Waals surface area contributed by atoms with Crippen LogP contribution in [0.3, 0.4) is 0 Å². The molecule has 0 bridgehead atoms. The molecule has 0 aliphatic rings. The van der Waals surface area contributed by atoms with Gasteiger partial charge in [-0.05, 0) is 41.8 Å². The van der Waals surface area contributed by atoms with Crippen molar-refractivity contribution in [2.24, 2.45) is 0 Å². The second-order valence-electron chi connectivity index (χ2n) is 6.78. The number of urea groups is 1. The Hall–Kier alpha value is -2.09. The monoisotopic (exact) mass is 325 g/mol. The first-order valence-electron chi connectivity index (χ1n) is 7.52. The minimum atomic E-state index is -0.368. The van der Waals surface area contributed by atoms with Crippen molar-refractivity contribution in [3.05, 3.63) is 11.8 Å². The van der Waals surface area contributed by atoms with Gasteiger partial charge in [0, 0.05) is 24.7 Å². The second-order valence-corrected chi connectivity index (χ2v) is 6.78. The number of hydrogen-bond donors (Lipinski definition) is 2. The third-order valence-electron chi connectivity index (χ3n) is 2.82. The van der Waals surface area contributed by atoms with Gasteiger partial charge in [0.25, 0.3) is 0 Å². The van der Waals surface area contributed by atoms with Crippen LogP contribution in [0, 0.1) is 6.92 Å². The van der Waals surface area contributed by atoms with Gasteiger partial charge in [-0.25, -0.2) is 4.79 Å². The fourth-order valence-electron chi connectivity index (χ4n) is 1.75. The Morgan fingerprint density at radius 1 is 1.26 bits per heavy atom. The van der Waals surface area contributed by atoms with E-state index in [1.807, 2.05) is 39.8 Å². The van der Waals surface area contributed by atoms with Gasteiger partial charge in [-0.2, -0.15) is 0 Å². The van der Waals surface area contributed by atoms with Gasteiger partial charge in [-0.1, -0.05) is 5.16 Å². The molecule has 0 unspecified atom stereocenters. The van der Waals surface area contributed by atoms with Gasteiger partial charge in [0.1, 0.15) is 12.3 Å². The summed E-state index contributed by atoms with van der Waals surface area (Å²) in [5.41, 5.74) is -0.368. The van der Waals surface area contributed by atoms with Crippen LogP contribution in [-0.4, -0.2) is 66.2 Å². The molecule has 130 valence electrons. The van der Waals surface area contributed by atoms with Gasteiger partial charge in [-0.3, -0.25) is 4.79 Å². The van der Waals surface area contributed by atoms with Crippen LogP contribution in [0.1, 0.15) is 26.5 Å². The van der Waals surface area contributed by atoms with E-state index in [1.165, 1.54) is 4.90 Å². The number of likely N-dealkylation sites (N-methyl/N-ethyl adjacent to an activating group) is 1. The number of nitrogens with zero attached hydrogens (tertiary/aromatic N) is 3. The summed E-state index contributed by atoms with van der Waals surface area (Å²) in [6.07, 6.45) is 0. The van der Waals surface area contributed by atoms with E-state index in [2.05, 4.69) is 15.8 Å². The molecular weight excluding hydrogens is 298 g/mol. The van der Waals surface area contributed by atoms with E-state index in [1.54, 1.807) is 13.0 Å². The highest BCUT2D eigenvalue weighted by molar-refractivity contribution is 5.93. The summed E-state index contributed by atoms with van der Waals surface area (Å²) in [4.78, 5) is 27.9. The van der Waals surface area contributed by atoms with Gasteiger partial charge in [0.15, 0.2) is 5.82 Å². The Morgan fingerprint density at radius 2 is 1.91 bits per heavy atom. The molecule has 1 aromatic rings. The SMILES string of the molecule is Cc1cc(NC(=O)CN(CCN(C)C)C(=O)NC(C)(C)C)no1. The molecule has 3 amide bonds. The first-order valence-corrected chi connectivity index (χ1v) is 7.52. The summed E-state index contributed by atoms with van der Waals surface area (Å²) in [5, 5.41) is 9.20. The number of amides is 3. The lowest BCUT2D eigenvalue weighted by atomic mass is 10.1. The van der Waals surface area contributed by atoms with E-state index in [0.717, 1.165) is 0 Å². The maximum absolute atomic E-state index is 12.3. The highest BCUT2D eigenvalue weighted by atomic mass is 16.5. The van der Waals surface area contributed by atoms with E-state index < -0.39 is 0 Å². The lowest BCUT2D eigenvalue weighted by Gasteiger charge is -2.28. The van der Waals surface area contributed by atoms with Crippen LogP contribution in [0.2, 0.25) is 0 Å². The van der Waals surface area contributed by atoms with Gasteiger partial charge in [-0.15, -0.1) is 0 Å². The van der Waals surface area contributed by atoms with E-state index in [4.69, 9.17) is 4.52 Å². The van der Waals surface area contributed by atoms with Crippen LogP contribution >= 0.6 is 0 Å². The summed E-state index contributed by atoms with van der Waals surface area (Å²) in [6.45, 7) is 8.48. The zero-order valence-corrected chi connectivity index (χ0v) is 14.8. The zero-order chi connectivity index (χ0) is 17.6. The Bertz CT molecular complexity index is 533. The van der Waals surface area contributed by atoms with Crippen molar-refractivity contribution < 1.29 is 14.1 Å². The molecule has 8 nitrogen and oxygen atoms in total. The molecule has 0 saturated heterocycles. The Morgan fingerprint density at radius 3 is 2.39 bits per heavy atom. The van der Waals surface area contributed by atoms with Crippen LogP contribution in [0.25, 0.3) is 0 Å². The van der Waals surface area contributed by atoms with Crippen molar-refractivity contribution in [3.8, 4) is 0 Å². The molecule has 1 aromatic heterocycles. The molecule has 23 heavy (non-hydrogen) atoms. The van der Waals surface area contributed by atoms with Crippen LogP contribution in [0.5, 0.6) is 0 Å². The molecule has 1 rings (SSSR count). The minimum absolute atomic E-state index is 0.0539. The molecule has 0 aliphatic heterocycles. The van der Waals surface area contributed by atoms with E-state index in [-0.39, 0.29) is 24.0 Å². The third kappa shape index (κ3) is 7.64. The third-order valence-corrected chi connectivity index (χ3v) is 2.82. The number of nitrogens with one attached hydrogen (secondary N) is 2. The first-order chi connectivity index (χ1) is 10.6. The molecule has 0 atom stereocenters. The van der Waals surface area contributed by atoms with E-state index in [9.17, 15) is 9.59 Å². The summed E-state index contributed by atoms with van der Waals surface area (Å²) < 4.78 is 4.90. The molecule has 0 aliphatic carbocycles. The van der Waals surface area contributed by atoms with Gasteiger partial charge >= 0.3 is 6.03 Å². The minimum Gasteiger partial charge on any atom is -0.360 e. The van der Waals surface area contributed by atoms with E-state index >= 15 is 0 Å². The van der Waals surface area contributed by atoms with Crippen molar-refractivity contribution in [2.45, 2.75) is 33.2 Å². The summed E-state index contributed by atoms with van der Waals surface area (Å²) in [7, 11) is 3.83. The number of carbonyl (C=O) groups is 2. The summed E-state index contributed by atoms with van der Waals surface area (Å²) >= 11 is 0. The Balaban J connectivity index is 2.67. The number of hydrogen-bond acceptors (Lipinski definition) is 5. The standard InChI is InChI=1S/C15H27N5O3/c1-11-9-12(18-23-11)16-13(21)10-20(8-7-19(5)6)14(22)17-15(2,3)4/h9H,7-8,10H2,1-6H3,(H,17,22)(H,16,18,21). The molecule has 2 N–H and O–H groups in total. The van der Waals surface area contributed by atoms with Crippen molar-refractivity contribution in [3.63, 3.8) is 0 Å². The quantitative estimate of drug-likeness (QED) is 0.822. The zero-order valence-electron chi connectivity index (χ0n) is 14.8. The molecular formula is C15H27N5O3.